The smallest absolute Gasteiger partial charge is 0.277 e. The predicted octanol–water partition coefficient (Wildman–Crippen LogP) is 4.02. The van der Waals surface area contributed by atoms with Gasteiger partial charge in [-0.25, -0.2) is 4.99 Å². The van der Waals surface area contributed by atoms with Gasteiger partial charge in [0.15, 0.2) is 3.95 Å². The first-order valence-corrected chi connectivity index (χ1v) is 10.1. The van der Waals surface area contributed by atoms with Crippen molar-refractivity contribution < 1.29 is 9.90 Å². The van der Waals surface area contributed by atoms with Gasteiger partial charge in [0.2, 0.25) is 5.88 Å². The van der Waals surface area contributed by atoms with Gasteiger partial charge in [-0.05, 0) is 55.1 Å². The van der Waals surface area contributed by atoms with Crippen LogP contribution in [-0.4, -0.2) is 15.6 Å². The normalized spacial score (nSPS) is 14.5. The molecule has 3 aromatic rings. The van der Waals surface area contributed by atoms with E-state index in [0.29, 0.717) is 31.3 Å². The Morgan fingerprint density at radius 3 is 2.86 bits per heavy atom. The Hall–Kier alpha value is -2.54. The number of benzene rings is 2. The Bertz CT molecular complexity index is 1320. The predicted molar refractivity (Wildman–Crippen MR) is 115 cm³/mol. The van der Waals surface area contributed by atoms with Gasteiger partial charge >= 0.3 is 0 Å². The third kappa shape index (κ3) is 3.58. The van der Waals surface area contributed by atoms with Crippen LogP contribution in [0.3, 0.4) is 0 Å². The van der Waals surface area contributed by atoms with Crippen molar-refractivity contribution in [1.29, 1.82) is 0 Å². The molecule has 2 heterocycles. The van der Waals surface area contributed by atoms with Crippen molar-refractivity contribution in [3.8, 4) is 5.88 Å². The van der Waals surface area contributed by atoms with Crippen LogP contribution in [0.1, 0.15) is 16.0 Å². The highest BCUT2D eigenvalue weighted by atomic mass is 35.5. The van der Waals surface area contributed by atoms with E-state index in [2.05, 4.69) is 4.99 Å². The number of carbonyl (C=O) groups excluding carboxylic acids is 1. The molecule has 1 aromatic heterocycles. The Balaban J connectivity index is 1.76. The fourth-order valence-corrected chi connectivity index (χ4v) is 4.44. The van der Waals surface area contributed by atoms with Crippen LogP contribution in [0, 0.1) is 10.9 Å². The second kappa shape index (κ2) is 7.47. The summed E-state index contributed by atoms with van der Waals surface area (Å²) in [6.07, 6.45) is 3.42. The minimum atomic E-state index is -0.340. The van der Waals surface area contributed by atoms with E-state index in [4.69, 9.17) is 23.8 Å². The number of thiazole rings is 1. The number of nitrogens with zero attached hydrogens (tertiary/aromatic N) is 2. The van der Waals surface area contributed by atoms with E-state index in [1.54, 1.807) is 22.8 Å². The van der Waals surface area contributed by atoms with Gasteiger partial charge in [0, 0.05) is 15.8 Å². The zero-order valence-corrected chi connectivity index (χ0v) is 17.2. The fourth-order valence-electron chi connectivity index (χ4n) is 2.98. The van der Waals surface area contributed by atoms with Gasteiger partial charge in [-0.3, -0.25) is 9.36 Å². The summed E-state index contributed by atoms with van der Waals surface area (Å²) in [6.45, 7) is 2.34. The number of rotatable bonds is 3. The molecule has 140 valence electrons. The topological polar surface area (TPSA) is 54.6 Å². The number of amides is 1. The summed E-state index contributed by atoms with van der Waals surface area (Å²) in [6, 6.07) is 13.1. The van der Waals surface area contributed by atoms with Crippen LogP contribution < -0.4 is 10.6 Å². The van der Waals surface area contributed by atoms with Gasteiger partial charge in [-0.15, -0.1) is 11.3 Å². The lowest BCUT2D eigenvalue weighted by Gasteiger charge is -2.07. The number of fused-ring (bicyclic) bond motifs is 1. The molecule has 0 radical (unpaired) electrons. The number of halogens is 1. The molecule has 1 aliphatic rings. The van der Waals surface area contributed by atoms with Crippen LogP contribution in [0.5, 0.6) is 5.88 Å². The summed E-state index contributed by atoms with van der Waals surface area (Å²) in [7, 11) is 0. The van der Waals surface area contributed by atoms with Crippen molar-refractivity contribution in [3.05, 3.63) is 83.6 Å². The summed E-state index contributed by atoms with van der Waals surface area (Å²) in [5.74, 6) is -0.327. The molecule has 0 saturated heterocycles. The summed E-state index contributed by atoms with van der Waals surface area (Å²) >= 11 is 12.9. The van der Waals surface area contributed by atoms with E-state index in [1.807, 2.05) is 43.3 Å². The minimum Gasteiger partial charge on any atom is -0.493 e. The van der Waals surface area contributed by atoms with Crippen molar-refractivity contribution >= 4 is 53.2 Å². The second-order valence-electron chi connectivity index (χ2n) is 6.46. The van der Waals surface area contributed by atoms with E-state index in [9.17, 15) is 9.90 Å². The largest absolute Gasteiger partial charge is 0.493 e. The number of aryl methyl sites for hydroxylation is 1. The van der Waals surface area contributed by atoms with Crippen LogP contribution in [0.2, 0.25) is 5.02 Å². The van der Waals surface area contributed by atoms with Gasteiger partial charge in [-0.1, -0.05) is 41.4 Å². The van der Waals surface area contributed by atoms with Gasteiger partial charge in [0.1, 0.15) is 0 Å². The Kier molecular flexibility index (Phi) is 5.02. The first-order valence-electron chi connectivity index (χ1n) is 8.51. The van der Waals surface area contributed by atoms with Gasteiger partial charge in [-0.2, -0.15) is 0 Å². The fraction of sp³-hybridized carbons (Fsp3) is 0.0952. The van der Waals surface area contributed by atoms with Crippen LogP contribution in [0.25, 0.3) is 12.2 Å². The van der Waals surface area contributed by atoms with Crippen molar-refractivity contribution in [2.24, 2.45) is 4.99 Å². The molecule has 1 N–H and O–H groups in total. The Labute approximate surface area is 175 Å². The number of hydrogen-bond donors (Lipinski definition) is 1. The Morgan fingerprint density at radius 2 is 2.07 bits per heavy atom. The lowest BCUT2D eigenvalue weighted by atomic mass is 10.1. The van der Waals surface area contributed by atoms with E-state index in [0.717, 1.165) is 16.3 Å². The van der Waals surface area contributed by atoms with Crippen LogP contribution in [-0.2, 0) is 11.3 Å². The molecular formula is C21H15ClN2O2S2. The number of hydrogen-bond acceptors (Lipinski definition) is 4. The molecule has 2 aromatic carbocycles. The zero-order valence-electron chi connectivity index (χ0n) is 14.8. The maximum absolute atomic E-state index is 12.4. The molecule has 0 spiro atoms. The van der Waals surface area contributed by atoms with Gasteiger partial charge < -0.3 is 5.11 Å². The van der Waals surface area contributed by atoms with Crippen molar-refractivity contribution in [2.75, 3.05) is 0 Å². The van der Waals surface area contributed by atoms with Gasteiger partial charge in [0.05, 0.1) is 16.8 Å². The molecule has 0 bridgehead atoms. The lowest BCUT2D eigenvalue weighted by Crippen LogP contribution is -2.30. The summed E-state index contributed by atoms with van der Waals surface area (Å²) in [4.78, 5) is 17.0. The number of aromatic nitrogens is 1. The summed E-state index contributed by atoms with van der Waals surface area (Å²) in [5, 5.41) is 12.8. The molecule has 4 nitrogen and oxygen atoms in total. The monoisotopic (exact) mass is 426 g/mol. The second-order valence-corrected chi connectivity index (χ2v) is 8.54. The molecule has 1 amide bonds. The quantitative estimate of drug-likeness (QED) is 0.508. The zero-order chi connectivity index (χ0) is 19.8. The molecule has 0 unspecified atom stereocenters. The van der Waals surface area contributed by atoms with Crippen LogP contribution >= 0.6 is 35.2 Å². The summed E-state index contributed by atoms with van der Waals surface area (Å²) < 4.78 is 2.11. The van der Waals surface area contributed by atoms with Crippen LogP contribution in [0.4, 0.5) is 0 Å². The number of aromatic hydroxyl groups is 1. The average molecular weight is 427 g/mol. The van der Waals surface area contributed by atoms with E-state index in [1.165, 1.54) is 11.3 Å². The third-order valence-corrected chi connectivity index (χ3v) is 6.18. The van der Waals surface area contributed by atoms with Crippen molar-refractivity contribution in [1.82, 2.24) is 4.57 Å². The van der Waals surface area contributed by atoms with Crippen molar-refractivity contribution in [2.45, 2.75) is 13.5 Å². The molecule has 0 aliphatic carbocycles. The van der Waals surface area contributed by atoms with E-state index < -0.39 is 0 Å². The van der Waals surface area contributed by atoms with Crippen molar-refractivity contribution in [3.63, 3.8) is 0 Å². The average Bonchev–Trinajstić information content (AvgIpc) is 2.92. The molecule has 0 saturated carbocycles. The Morgan fingerprint density at radius 1 is 1.29 bits per heavy atom. The summed E-state index contributed by atoms with van der Waals surface area (Å²) in [5.41, 5.74) is 2.35. The maximum Gasteiger partial charge on any atom is 0.277 e. The highest BCUT2D eigenvalue weighted by Crippen LogP contribution is 2.30. The standard InChI is InChI=1S/C21H15ClN2O2S2/c1-12-6-7-17-14(8-12)9-15(19(25)23-17)10-18-20(26)24(21(27)28-18)11-13-4-2-3-5-16(13)22/h2-10,26H,11H2,1H3/b15-10-. The molecule has 0 atom stereocenters. The maximum atomic E-state index is 12.4. The third-order valence-electron chi connectivity index (χ3n) is 4.43. The molecular weight excluding hydrogens is 412 g/mol. The molecule has 0 fully saturated rings. The van der Waals surface area contributed by atoms with E-state index >= 15 is 0 Å². The highest BCUT2D eigenvalue weighted by molar-refractivity contribution is 7.73. The van der Waals surface area contributed by atoms with Gasteiger partial charge in [0.25, 0.3) is 5.91 Å². The first-order chi connectivity index (χ1) is 13.4. The highest BCUT2D eigenvalue weighted by Gasteiger charge is 2.16. The lowest BCUT2D eigenvalue weighted by molar-refractivity contribution is -0.114. The SMILES string of the molecule is Cc1ccc2c(c1)=C/C(=C/c1sc(=S)n(Cc3ccccc3Cl)c1O)C(=O)N=2. The van der Waals surface area contributed by atoms with E-state index in [-0.39, 0.29) is 11.8 Å². The molecule has 28 heavy (non-hydrogen) atoms. The number of carbonyl (C=O) groups is 1. The minimum absolute atomic E-state index is 0.0126. The first kappa shape index (κ1) is 18.8. The molecule has 7 heteroatoms. The molecule has 4 rings (SSSR count). The van der Waals surface area contributed by atoms with Crippen LogP contribution in [0.15, 0.2) is 53.0 Å². The molecule has 1 aliphatic heterocycles.